The second-order valence-electron chi connectivity index (χ2n) is 2.33. The SMILES string of the molecule is O=c1ccn2n1CC=CC2. The second-order valence-corrected chi connectivity index (χ2v) is 2.33. The zero-order chi connectivity index (χ0) is 6.97. The molecule has 0 saturated carbocycles. The maximum Gasteiger partial charge on any atom is 0.266 e. The number of hydrogen-bond acceptors (Lipinski definition) is 1. The predicted molar refractivity (Wildman–Crippen MR) is 37.8 cm³/mol. The summed E-state index contributed by atoms with van der Waals surface area (Å²) < 4.78 is 3.61. The lowest BCUT2D eigenvalue weighted by Crippen LogP contribution is -2.23. The van der Waals surface area contributed by atoms with Gasteiger partial charge in [-0.1, -0.05) is 12.2 Å². The van der Waals surface area contributed by atoms with E-state index in [0.29, 0.717) is 6.54 Å². The van der Waals surface area contributed by atoms with Crippen LogP contribution >= 0.6 is 0 Å². The molecule has 0 bridgehead atoms. The van der Waals surface area contributed by atoms with Crippen molar-refractivity contribution in [2.75, 3.05) is 0 Å². The Morgan fingerprint density at radius 3 is 2.90 bits per heavy atom. The highest BCUT2D eigenvalue weighted by molar-refractivity contribution is 4.94. The number of nitrogens with zero attached hydrogens (tertiary/aromatic N) is 2. The minimum Gasteiger partial charge on any atom is -0.286 e. The molecular formula is C7H8N2O. The third kappa shape index (κ3) is 0.635. The third-order valence-corrected chi connectivity index (χ3v) is 1.69. The predicted octanol–water partition coefficient (Wildman–Crippen LogP) is 0.220. The molecule has 0 spiro atoms. The summed E-state index contributed by atoms with van der Waals surface area (Å²) in [5.41, 5.74) is 0.0874. The van der Waals surface area contributed by atoms with Gasteiger partial charge in [0.1, 0.15) is 0 Å². The van der Waals surface area contributed by atoms with E-state index in [4.69, 9.17) is 0 Å². The lowest BCUT2D eigenvalue weighted by atomic mass is 10.4. The van der Waals surface area contributed by atoms with Gasteiger partial charge < -0.3 is 0 Å². The molecule has 1 aromatic rings. The van der Waals surface area contributed by atoms with Crippen LogP contribution in [0, 0.1) is 0 Å². The molecule has 0 atom stereocenters. The number of allylic oxidation sites excluding steroid dienone is 2. The van der Waals surface area contributed by atoms with Gasteiger partial charge in [0.15, 0.2) is 0 Å². The Hall–Kier alpha value is -1.25. The summed E-state index contributed by atoms with van der Waals surface area (Å²) in [5.74, 6) is 0. The van der Waals surface area contributed by atoms with E-state index in [1.54, 1.807) is 10.7 Å². The van der Waals surface area contributed by atoms with Crippen molar-refractivity contribution in [3.05, 3.63) is 34.8 Å². The van der Waals surface area contributed by atoms with Crippen molar-refractivity contribution in [1.82, 2.24) is 9.36 Å². The smallest absolute Gasteiger partial charge is 0.266 e. The topological polar surface area (TPSA) is 26.9 Å². The molecule has 10 heavy (non-hydrogen) atoms. The van der Waals surface area contributed by atoms with Crippen LogP contribution in [0.25, 0.3) is 0 Å². The molecule has 52 valence electrons. The van der Waals surface area contributed by atoms with Gasteiger partial charge in [0.2, 0.25) is 0 Å². The van der Waals surface area contributed by atoms with E-state index in [1.807, 2.05) is 17.0 Å². The van der Waals surface area contributed by atoms with Gasteiger partial charge in [-0.2, -0.15) is 0 Å². The number of fused-ring (bicyclic) bond motifs is 1. The van der Waals surface area contributed by atoms with E-state index in [0.717, 1.165) is 6.54 Å². The Morgan fingerprint density at radius 2 is 2.10 bits per heavy atom. The zero-order valence-electron chi connectivity index (χ0n) is 5.53. The Balaban J connectivity index is 2.61. The molecule has 0 saturated heterocycles. The van der Waals surface area contributed by atoms with Gasteiger partial charge >= 0.3 is 0 Å². The number of rotatable bonds is 0. The first kappa shape index (κ1) is 5.53. The van der Waals surface area contributed by atoms with Crippen molar-refractivity contribution in [2.24, 2.45) is 0 Å². The first-order chi connectivity index (χ1) is 4.88. The van der Waals surface area contributed by atoms with Gasteiger partial charge in [0.05, 0.1) is 13.1 Å². The van der Waals surface area contributed by atoms with Gasteiger partial charge in [0, 0.05) is 12.3 Å². The fraction of sp³-hybridized carbons (Fsp3) is 0.286. The highest BCUT2D eigenvalue weighted by Gasteiger charge is 2.02. The molecule has 0 aromatic carbocycles. The molecule has 0 unspecified atom stereocenters. The largest absolute Gasteiger partial charge is 0.286 e. The van der Waals surface area contributed by atoms with Crippen LogP contribution in [-0.4, -0.2) is 9.36 Å². The highest BCUT2D eigenvalue weighted by Crippen LogP contribution is 1.95. The fourth-order valence-corrected chi connectivity index (χ4v) is 1.15. The van der Waals surface area contributed by atoms with E-state index in [2.05, 4.69) is 6.08 Å². The molecule has 0 amide bonds. The molecule has 1 aromatic heterocycles. The van der Waals surface area contributed by atoms with Crippen LogP contribution in [0.15, 0.2) is 29.2 Å². The summed E-state index contributed by atoms with van der Waals surface area (Å²) in [6.45, 7) is 1.54. The lowest BCUT2D eigenvalue weighted by Gasteiger charge is -2.10. The maximum absolute atomic E-state index is 11.0. The monoisotopic (exact) mass is 136 g/mol. The zero-order valence-corrected chi connectivity index (χ0v) is 5.53. The first-order valence-corrected chi connectivity index (χ1v) is 3.29. The summed E-state index contributed by atoms with van der Waals surface area (Å²) in [6.07, 6.45) is 5.87. The molecule has 3 nitrogen and oxygen atoms in total. The van der Waals surface area contributed by atoms with E-state index in [9.17, 15) is 4.79 Å². The van der Waals surface area contributed by atoms with Gasteiger partial charge in [-0.05, 0) is 0 Å². The molecule has 2 heterocycles. The highest BCUT2D eigenvalue weighted by atomic mass is 16.1. The second kappa shape index (κ2) is 1.87. The number of aromatic nitrogens is 2. The minimum atomic E-state index is 0.0874. The molecular weight excluding hydrogens is 128 g/mol. The van der Waals surface area contributed by atoms with Gasteiger partial charge in [-0.3, -0.25) is 9.48 Å². The Bertz CT molecular complexity index is 319. The van der Waals surface area contributed by atoms with Crippen molar-refractivity contribution >= 4 is 0 Å². The summed E-state index contributed by atoms with van der Waals surface area (Å²) in [6, 6.07) is 1.59. The molecule has 3 heteroatoms. The van der Waals surface area contributed by atoms with E-state index in [-0.39, 0.29) is 5.56 Å². The molecule has 0 N–H and O–H groups in total. The summed E-state index contributed by atoms with van der Waals surface area (Å²) in [7, 11) is 0. The first-order valence-electron chi connectivity index (χ1n) is 3.29. The van der Waals surface area contributed by atoms with Gasteiger partial charge in [-0.25, -0.2) is 4.68 Å². The summed E-state index contributed by atoms with van der Waals surface area (Å²) >= 11 is 0. The van der Waals surface area contributed by atoms with Crippen molar-refractivity contribution in [1.29, 1.82) is 0 Å². The van der Waals surface area contributed by atoms with Crippen LogP contribution in [0.1, 0.15) is 0 Å². The van der Waals surface area contributed by atoms with E-state index >= 15 is 0 Å². The minimum absolute atomic E-state index is 0.0874. The van der Waals surface area contributed by atoms with Crippen LogP contribution in [0.5, 0.6) is 0 Å². The molecule has 1 aliphatic rings. The third-order valence-electron chi connectivity index (χ3n) is 1.69. The van der Waals surface area contributed by atoms with Crippen LogP contribution in [0.2, 0.25) is 0 Å². The maximum atomic E-state index is 11.0. The average Bonchev–Trinajstić information content (AvgIpc) is 2.34. The van der Waals surface area contributed by atoms with E-state index in [1.165, 1.54) is 0 Å². The molecule has 0 aliphatic carbocycles. The Labute approximate surface area is 58.2 Å². The van der Waals surface area contributed by atoms with E-state index < -0.39 is 0 Å². The normalized spacial score (nSPS) is 15.2. The fourth-order valence-electron chi connectivity index (χ4n) is 1.15. The van der Waals surface area contributed by atoms with Crippen LogP contribution in [0.3, 0.4) is 0 Å². The molecule has 2 rings (SSSR count). The quantitative estimate of drug-likeness (QED) is 0.469. The lowest BCUT2D eigenvalue weighted by molar-refractivity contribution is 0.494. The van der Waals surface area contributed by atoms with Crippen molar-refractivity contribution in [3.63, 3.8) is 0 Å². The standard InChI is InChI=1S/C7H8N2O/c10-7-3-6-8-4-1-2-5-9(7)8/h1-3,6H,4-5H2. The van der Waals surface area contributed by atoms with Crippen molar-refractivity contribution < 1.29 is 0 Å². The molecule has 0 radical (unpaired) electrons. The van der Waals surface area contributed by atoms with Gasteiger partial charge in [-0.15, -0.1) is 0 Å². The Morgan fingerprint density at radius 1 is 1.30 bits per heavy atom. The molecule has 0 fully saturated rings. The van der Waals surface area contributed by atoms with Crippen molar-refractivity contribution in [3.8, 4) is 0 Å². The van der Waals surface area contributed by atoms with Crippen LogP contribution in [0.4, 0.5) is 0 Å². The Kier molecular flexibility index (Phi) is 1.03. The van der Waals surface area contributed by atoms with Crippen molar-refractivity contribution in [2.45, 2.75) is 13.1 Å². The summed E-state index contributed by atoms with van der Waals surface area (Å²) in [5, 5.41) is 0. The molecule has 1 aliphatic heterocycles. The summed E-state index contributed by atoms with van der Waals surface area (Å²) in [4.78, 5) is 11.0. The average molecular weight is 136 g/mol. The number of hydrogen-bond donors (Lipinski definition) is 0. The van der Waals surface area contributed by atoms with Crippen LogP contribution in [-0.2, 0) is 13.1 Å². The van der Waals surface area contributed by atoms with Gasteiger partial charge in [0.25, 0.3) is 5.56 Å². The van der Waals surface area contributed by atoms with Crippen LogP contribution < -0.4 is 5.56 Å².